The zero-order chi connectivity index (χ0) is 19.3. The molecule has 1 aromatic heterocycles. The Labute approximate surface area is 164 Å². The van der Waals surface area contributed by atoms with Crippen LogP contribution in [0.25, 0.3) is 0 Å². The molecule has 3 rings (SSSR count). The van der Waals surface area contributed by atoms with Crippen LogP contribution in [0, 0.1) is 0 Å². The number of carbonyl (C=O) groups excluding carboxylic acids is 1. The number of rotatable bonds is 6. The number of sulfonamides is 1. The minimum absolute atomic E-state index is 0.291. The van der Waals surface area contributed by atoms with Gasteiger partial charge in [-0.15, -0.1) is 0 Å². The summed E-state index contributed by atoms with van der Waals surface area (Å²) in [4.78, 5) is 18.6. The number of hydrogen-bond acceptors (Lipinski definition) is 5. The lowest BCUT2D eigenvalue weighted by molar-refractivity contribution is -0.126. The topological polar surface area (TPSA) is 79.4 Å². The SMILES string of the molecule is O=C(NS(=O)(=O)Cc1ccc(Cl)nc1)C1CCCCN1Cc1ccccc1. The first-order valence-electron chi connectivity index (χ1n) is 8.86. The van der Waals surface area contributed by atoms with Crippen LogP contribution in [0.4, 0.5) is 0 Å². The number of carbonyl (C=O) groups is 1. The smallest absolute Gasteiger partial charge is 0.250 e. The van der Waals surface area contributed by atoms with Gasteiger partial charge in [-0.3, -0.25) is 14.4 Å². The number of pyridine rings is 1. The fourth-order valence-electron chi connectivity index (χ4n) is 3.26. The van der Waals surface area contributed by atoms with Crippen LogP contribution in [0.5, 0.6) is 0 Å². The van der Waals surface area contributed by atoms with Gasteiger partial charge in [0.1, 0.15) is 5.15 Å². The third-order valence-corrected chi connectivity index (χ3v) is 6.00. The molecule has 1 aliphatic rings. The average Bonchev–Trinajstić information content (AvgIpc) is 2.64. The maximum atomic E-state index is 12.7. The molecule has 144 valence electrons. The van der Waals surface area contributed by atoms with Gasteiger partial charge in [0.2, 0.25) is 10.0 Å². The van der Waals surface area contributed by atoms with E-state index in [1.165, 1.54) is 12.3 Å². The summed E-state index contributed by atoms with van der Waals surface area (Å²) in [6.45, 7) is 1.40. The van der Waals surface area contributed by atoms with Gasteiger partial charge >= 0.3 is 0 Å². The van der Waals surface area contributed by atoms with E-state index in [0.29, 0.717) is 23.7 Å². The van der Waals surface area contributed by atoms with Crippen molar-refractivity contribution < 1.29 is 13.2 Å². The van der Waals surface area contributed by atoms with E-state index in [1.54, 1.807) is 6.07 Å². The molecular weight excluding hydrogens is 386 g/mol. The Morgan fingerprint density at radius 2 is 1.93 bits per heavy atom. The van der Waals surface area contributed by atoms with Gasteiger partial charge in [0.15, 0.2) is 0 Å². The molecule has 1 aromatic carbocycles. The van der Waals surface area contributed by atoms with Gasteiger partial charge in [-0.2, -0.15) is 0 Å². The summed E-state index contributed by atoms with van der Waals surface area (Å²) >= 11 is 5.72. The second kappa shape index (κ2) is 8.82. The van der Waals surface area contributed by atoms with Crippen LogP contribution in [0.3, 0.4) is 0 Å². The van der Waals surface area contributed by atoms with Crippen molar-refractivity contribution >= 4 is 27.5 Å². The zero-order valence-corrected chi connectivity index (χ0v) is 16.4. The van der Waals surface area contributed by atoms with Crippen LogP contribution in [0.1, 0.15) is 30.4 Å². The highest BCUT2D eigenvalue weighted by Crippen LogP contribution is 2.20. The molecule has 8 heteroatoms. The maximum Gasteiger partial charge on any atom is 0.250 e. The predicted octanol–water partition coefficient (Wildman–Crippen LogP) is 2.74. The fourth-order valence-corrected chi connectivity index (χ4v) is 4.50. The lowest BCUT2D eigenvalue weighted by atomic mass is 10.0. The number of halogens is 1. The fraction of sp³-hybridized carbons (Fsp3) is 0.368. The first-order valence-corrected chi connectivity index (χ1v) is 10.9. The molecule has 0 bridgehead atoms. The standard InChI is InChI=1S/C19H22ClN3O3S/c20-18-10-9-16(12-21-18)14-27(25,26)22-19(24)17-8-4-5-11-23(17)13-15-6-2-1-3-7-15/h1-3,6-7,9-10,12,17H,4-5,8,11,13-14H2,(H,22,24). The van der Waals surface area contributed by atoms with E-state index in [2.05, 4.69) is 9.71 Å². The number of hydrogen-bond donors (Lipinski definition) is 1. The second-order valence-corrected chi connectivity index (χ2v) is 8.79. The molecule has 1 saturated heterocycles. The summed E-state index contributed by atoms with van der Waals surface area (Å²) in [5.41, 5.74) is 1.58. The van der Waals surface area contributed by atoms with Crippen LogP contribution < -0.4 is 4.72 Å². The summed E-state index contributed by atoms with van der Waals surface area (Å²) < 4.78 is 27.0. The molecule has 1 fully saturated rings. The van der Waals surface area contributed by atoms with Crippen LogP contribution in [0.2, 0.25) is 5.15 Å². The van der Waals surface area contributed by atoms with Gasteiger partial charge in [-0.1, -0.05) is 54.4 Å². The Kier molecular flexibility index (Phi) is 6.46. The number of benzene rings is 1. The third-order valence-electron chi connectivity index (χ3n) is 4.55. The van der Waals surface area contributed by atoms with Crippen molar-refractivity contribution in [3.63, 3.8) is 0 Å². The van der Waals surface area contributed by atoms with Crippen molar-refractivity contribution in [2.24, 2.45) is 0 Å². The lowest BCUT2D eigenvalue weighted by Gasteiger charge is -2.34. The van der Waals surface area contributed by atoms with Gasteiger partial charge < -0.3 is 0 Å². The Bertz CT molecular complexity index is 873. The maximum absolute atomic E-state index is 12.7. The van der Waals surface area contributed by atoms with Gasteiger partial charge in [0, 0.05) is 12.7 Å². The molecule has 0 saturated carbocycles. The first kappa shape index (κ1) is 19.8. The van der Waals surface area contributed by atoms with Crippen LogP contribution in [-0.2, 0) is 27.1 Å². The number of nitrogens with zero attached hydrogens (tertiary/aromatic N) is 2. The molecule has 1 N–H and O–H groups in total. The van der Waals surface area contributed by atoms with Crippen molar-refractivity contribution in [3.05, 3.63) is 64.9 Å². The highest BCUT2D eigenvalue weighted by molar-refractivity contribution is 7.89. The second-order valence-electron chi connectivity index (χ2n) is 6.68. The number of nitrogens with one attached hydrogen (secondary N) is 1. The van der Waals surface area contributed by atoms with E-state index in [-0.39, 0.29) is 5.75 Å². The van der Waals surface area contributed by atoms with Crippen LogP contribution >= 0.6 is 11.6 Å². The highest BCUT2D eigenvalue weighted by atomic mass is 35.5. The molecule has 1 aliphatic heterocycles. The molecule has 2 aromatic rings. The molecule has 0 radical (unpaired) electrons. The summed E-state index contributed by atoms with van der Waals surface area (Å²) in [7, 11) is -3.80. The number of amides is 1. The zero-order valence-electron chi connectivity index (χ0n) is 14.8. The van der Waals surface area contributed by atoms with E-state index in [4.69, 9.17) is 11.6 Å². The van der Waals surface area contributed by atoms with Crippen molar-refractivity contribution in [1.82, 2.24) is 14.6 Å². The molecule has 1 unspecified atom stereocenters. The summed E-state index contributed by atoms with van der Waals surface area (Å²) in [5, 5.41) is 0.291. The Morgan fingerprint density at radius 3 is 2.63 bits per heavy atom. The lowest BCUT2D eigenvalue weighted by Crippen LogP contribution is -2.50. The molecule has 0 aliphatic carbocycles. The van der Waals surface area contributed by atoms with Crippen molar-refractivity contribution in [3.8, 4) is 0 Å². The number of aromatic nitrogens is 1. The Hall–Kier alpha value is -1.96. The largest absolute Gasteiger partial charge is 0.288 e. The normalized spacial score (nSPS) is 18.2. The minimum Gasteiger partial charge on any atom is -0.288 e. The summed E-state index contributed by atoms with van der Waals surface area (Å²) in [6, 6.07) is 12.5. The van der Waals surface area contributed by atoms with Gasteiger partial charge in [0.05, 0.1) is 11.8 Å². The van der Waals surface area contributed by atoms with Crippen molar-refractivity contribution in [2.45, 2.75) is 37.6 Å². The van der Waals surface area contributed by atoms with E-state index in [1.807, 2.05) is 35.2 Å². The quantitative estimate of drug-likeness (QED) is 0.745. The Balaban J connectivity index is 1.66. The molecule has 2 heterocycles. The van der Waals surface area contributed by atoms with E-state index < -0.39 is 22.0 Å². The van der Waals surface area contributed by atoms with E-state index >= 15 is 0 Å². The van der Waals surface area contributed by atoms with Gasteiger partial charge in [0.25, 0.3) is 5.91 Å². The van der Waals surface area contributed by atoms with Gasteiger partial charge in [-0.25, -0.2) is 13.4 Å². The third kappa shape index (κ3) is 5.76. The molecule has 0 spiro atoms. The monoisotopic (exact) mass is 407 g/mol. The summed E-state index contributed by atoms with van der Waals surface area (Å²) in [6.07, 6.45) is 3.95. The van der Waals surface area contributed by atoms with E-state index in [0.717, 1.165) is 24.9 Å². The van der Waals surface area contributed by atoms with Crippen molar-refractivity contribution in [2.75, 3.05) is 6.54 Å². The average molecular weight is 408 g/mol. The molecule has 1 amide bonds. The van der Waals surface area contributed by atoms with Crippen molar-refractivity contribution in [1.29, 1.82) is 0 Å². The summed E-state index contributed by atoms with van der Waals surface area (Å²) in [5.74, 6) is -0.776. The predicted molar refractivity (Wildman–Crippen MR) is 105 cm³/mol. The minimum atomic E-state index is -3.80. The van der Waals surface area contributed by atoms with E-state index in [9.17, 15) is 13.2 Å². The highest BCUT2D eigenvalue weighted by Gasteiger charge is 2.31. The first-order chi connectivity index (χ1) is 12.9. The van der Waals surface area contributed by atoms with Gasteiger partial charge in [-0.05, 0) is 36.6 Å². The molecular formula is C19H22ClN3O3S. The van der Waals surface area contributed by atoms with Crippen LogP contribution in [0.15, 0.2) is 48.7 Å². The number of piperidine rings is 1. The molecule has 6 nitrogen and oxygen atoms in total. The number of likely N-dealkylation sites (tertiary alicyclic amines) is 1. The molecule has 27 heavy (non-hydrogen) atoms. The van der Waals surface area contributed by atoms with Crippen LogP contribution in [-0.4, -0.2) is 36.8 Å². The Morgan fingerprint density at radius 1 is 1.15 bits per heavy atom. The molecule has 1 atom stereocenters.